The van der Waals surface area contributed by atoms with Crippen LogP contribution in [-0.4, -0.2) is 61.0 Å². The normalized spacial score (nSPS) is 21.9. The van der Waals surface area contributed by atoms with E-state index in [1.165, 1.54) is 11.9 Å². The highest BCUT2D eigenvalue weighted by atomic mass is 35.5. The van der Waals surface area contributed by atoms with Crippen LogP contribution in [0.5, 0.6) is 0 Å². The Hall–Kier alpha value is -2.01. The molecule has 2 fully saturated rings. The Morgan fingerprint density at radius 2 is 1.51 bits per heavy atom. The molecule has 1 amide bonds. The molecule has 0 bridgehead atoms. The summed E-state index contributed by atoms with van der Waals surface area (Å²) in [7, 11) is 1.41. The van der Waals surface area contributed by atoms with Gasteiger partial charge in [-0.3, -0.25) is 9.69 Å². The highest BCUT2D eigenvalue weighted by molar-refractivity contribution is 6.42. The molecule has 0 saturated carbocycles. The van der Waals surface area contributed by atoms with Gasteiger partial charge in [-0.15, -0.1) is 0 Å². The fourth-order valence-electron chi connectivity index (χ4n) is 5.18. The standard InChI is InChI=1S/C25H25Cl2F6N3O/c1-35(23(37)15-8-16(24(28,29)30)11-17(9-15)25(31,32)33)22-13-36(18-4-6-34-7-5-18)12-19(22)14-2-3-20(26)21(27)10-14/h2-3,8-11,18-19,22,34H,4-7,12-13H2,1H3. The Labute approximate surface area is 220 Å². The van der Waals surface area contributed by atoms with Gasteiger partial charge in [-0.1, -0.05) is 29.3 Å². The summed E-state index contributed by atoms with van der Waals surface area (Å²) in [5.41, 5.74) is -2.93. The second kappa shape index (κ2) is 10.6. The van der Waals surface area contributed by atoms with Crippen molar-refractivity contribution in [3.63, 3.8) is 0 Å². The van der Waals surface area contributed by atoms with Gasteiger partial charge in [0.15, 0.2) is 0 Å². The van der Waals surface area contributed by atoms with Crippen molar-refractivity contribution in [2.24, 2.45) is 0 Å². The van der Waals surface area contributed by atoms with E-state index in [0.717, 1.165) is 31.5 Å². The van der Waals surface area contributed by atoms with Gasteiger partial charge in [0.25, 0.3) is 5.91 Å². The molecule has 0 aromatic heterocycles. The SMILES string of the molecule is CN(C(=O)c1cc(C(F)(F)F)cc(C(F)(F)F)c1)C1CN(C2CCNCC2)CC1c1ccc(Cl)c(Cl)c1. The number of benzene rings is 2. The zero-order valence-corrected chi connectivity index (χ0v) is 21.3. The minimum Gasteiger partial charge on any atom is -0.337 e. The second-order valence-electron chi connectivity index (χ2n) is 9.49. The molecule has 2 aliphatic rings. The van der Waals surface area contributed by atoms with Crippen LogP contribution in [0.4, 0.5) is 26.3 Å². The van der Waals surface area contributed by atoms with Crippen molar-refractivity contribution in [3.05, 3.63) is 68.7 Å². The molecule has 2 saturated heterocycles. The van der Waals surface area contributed by atoms with E-state index in [9.17, 15) is 31.1 Å². The summed E-state index contributed by atoms with van der Waals surface area (Å²) in [5.74, 6) is -1.19. The number of nitrogens with zero attached hydrogens (tertiary/aromatic N) is 2. The van der Waals surface area contributed by atoms with Gasteiger partial charge in [0.2, 0.25) is 0 Å². The summed E-state index contributed by atoms with van der Waals surface area (Å²) in [4.78, 5) is 16.9. The van der Waals surface area contributed by atoms with E-state index in [2.05, 4.69) is 10.2 Å². The van der Waals surface area contributed by atoms with E-state index in [1.807, 2.05) is 0 Å². The number of likely N-dealkylation sites (N-methyl/N-ethyl adjacent to an activating group) is 1. The highest BCUT2D eigenvalue weighted by Crippen LogP contribution is 2.39. The largest absolute Gasteiger partial charge is 0.416 e. The van der Waals surface area contributed by atoms with Gasteiger partial charge in [-0.2, -0.15) is 26.3 Å². The number of alkyl halides is 6. The first kappa shape index (κ1) is 28.0. The van der Waals surface area contributed by atoms with Crippen LogP contribution in [0.3, 0.4) is 0 Å². The molecule has 2 unspecified atom stereocenters. The van der Waals surface area contributed by atoms with E-state index in [0.29, 0.717) is 35.3 Å². The second-order valence-corrected chi connectivity index (χ2v) is 10.3. The Bertz CT molecular complexity index is 1120. The monoisotopic (exact) mass is 567 g/mol. The number of carbonyl (C=O) groups is 1. The van der Waals surface area contributed by atoms with Gasteiger partial charge in [0.1, 0.15) is 0 Å². The number of nitrogens with one attached hydrogen (secondary N) is 1. The van der Waals surface area contributed by atoms with E-state index < -0.39 is 41.0 Å². The minimum atomic E-state index is -5.05. The van der Waals surface area contributed by atoms with Crippen molar-refractivity contribution in [2.45, 2.75) is 43.2 Å². The molecule has 202 valence electrons. The van der Waals surface area contributed by atoms with Crippen LogP contribution in [-0.2, 0) is 12.4 Å². The van der Waals surface area contributed by atoms with Gasteiger partial charge in [-0.05, 0) is 61.8 Å². The van der Waals surface area contributed by atoms with Crippen LogP contribution in [0.2, 0.25) is 10.0 Å². The number of carbonyl (C=O) groups excluding carboxylic acids is 1. The van der Waals surface area contributed by atoms with E-state index in [-0.39, 0.29) is 18.0 Å². The average Bonchev–Trinajstić information content (AvgIpc) is 3.29. The number of rotatable bonds is 4. The van der Waals surface area contributed by atoms with Crippen molar-refractivity contribution >= 4 is 29.1 Å². The molecule has 0 aliphatic carbocycles. The summed E-state index contributed by atoms with van der Waals surface area (Å²) in [6.45, 7) is 2.65. The average molecular weight is 568 g/mol. The molecule has 2 aliphatic heterocycles. The zero-order valence-electron chi connectivity index (χ0n) is 19.8. The molecule has 2 aromatic rings. The third-order valence-electron chi connectivity index (χ3n) is 7.17. The smallest absolute Gasteiger partial charge is 0.337 e. The van der Waals surface area contributed by atoms with Crippen molar-refractivity contribution in [3.8, 4) is 0 Å². The van der Waals surface area contributed by atoms with Gasteiger partial charge in [0, 0.05) is 37.7 Å². The number of halogens is 8. The summed E-state index contributed by atoms with van der Waals surface area (Å²) in [6.07, 6.45) is -8.31. The molecular formula is C25H25Cl2F6N3O. The summed E-state index contributed by atoms with van der Waals surface area (Å²) >= 11 is 12.3. The van der Waals surface area contributed by atoms with E-state index in [4.69, 9.17) is 23.2 Å². The summed E-state index contributed by atoms with van der Waals surface area (Å²) in [6, 6.07) is 5.80. The van der Waals surface area contributed by atoms with Crippen molar-refractivity contribution < 1.29 is 31.1 Å². The molecule has 0 spiro atoms. The maximum atomic E-state index is 13.4. The quantitative estimate of drug-likeness (QED) is 0.439. The number of hydrogen-bond donors (Lipinski definition) is 1. The fraction of sp³-hybridized carbons (Fsp3) is 0.480. The van der Waals surface area contributed by atoms with Crippen LogP contribution in [0, 0.1) is 0 Å². The summed E-state index contributed by atoms with van der Waals surface area (Å²) < 4.78 is 80.3. The summed E-state index contributed by atoms with van der Waals surface area (Å²) in [5, 5.41) is 3.97. The molecular weight excluding hydrogens is 543 g/mol. The number of hydrogen-bond acceptors (Lipinski definition) is 3. The molecule has 2 heterocycles. The van der Waals surface area contributed by atoms with Gasteiger partial charge in [0.05, 0.1) is 27.2 Å². The van der Waals surface area contributed by atoms with Crippen LogP contribution in [0.1, 0.15) is 45.8 Å². The Kier molecular flexibility index (Phi) is 8.05. The first-order chi connectivity index (χ1) is 17.3. The predicted molar refractivity (Wildman–Crippen MR) is 129 cm³/mol. The van der Waals surface area contributed by atoms with Crippen LogP contribution in [0.25, 0.3) is 0 Å². The van der Waals surface area contributed by atoms with Gasteiger partial charge in [-0.25, -0.2) is 0 Å². The maximum absolute atomic E-state index is 13.4. The molecule has 2 atom stereocenters. The maximum Gasteiger partial charge on any atom is 0.416 e. The lowest BCUT2D eigenvalue weighted by Crippen LogP contribution is -2.45. The first-order valence-corrected chi connectivity index (χ1v) is 12.5. The number of amides is 1. The molecule has 4 rings (SSSR count). The molecule has 0 radical (unpaired) electrons. The fourth-order valence-corrected chi connectivity index (χ4v) is 5.49. The van der Waals surface area contributed by atoms with Crippen LogP contribution in [0.15, 0.2) is 36.4 Å². The molecule has 12 heteroatoms. The lowest BCUT2D eigenvalue weighted by Gasteiger charge is -2.32. The number of likely N-dealkylation sites (tertiary alicyclic amines) is 1. The van der Waals surface area contributed by atoms with Crippen LogP contribution < -0.4 is 5.32 Å². The molecule has 37 heavy (non-hydrogen) atoms. The number of piperidine rings is 1. The predicted octanol–water partition coefficient (Wildman–Crippen LogP) is 6.32. The molecule has 4 nitrogen and oxygen atoms in total. The van der Waals surface area contributed by atoms with Crippen LogP contribution >= 0.6 is 23.2 Å². The third-order valence-corrected chi connectivity index (χ3v) is 7.91. The topological polar surface area (TPSA) is 35.6 Å². The molecule has 1 N–H and O–H groups in total. The van der Waals surface area contributed by atoms with Gasteiger partial charge >= 0.3 is 12.4 Å². The van der Waals surface area contributed by atoms with Gasteiger partial charge < -0.3 is 10.2 Å². The first-order valence-electron chi connectivity index (χ1n) is 11.7. The van der Waals surface area contributed by atoms with E-state index >= 15 is 0 Å². The Balaban J connectivity index is 1.69. The molecule has 2 aromatic carbocycles. The van der Waals surface area contributed by atoms with E-state index in [1.54, 1.807) is 18.2 Å². The lowest BCUT2D eigenvalue weighted by atomic mass is 9.93. The zero-order chi connectivity index (χ0) is 27.1. The van der Waals surface area contributed by atoms with Crippen molar-refractivity contribution in [1.29, 1.82) is 0 Å². The Morgan fingerprint density at radius 1 is 0.919 bits per heavy atom. The minimum absolute atomic E-state index is 0.0176. The van der Waals surface area contributed by atoms with Crippen molar-refractivity contribution in [2.75, 3.05) is 33.2 Å². The van der Waals surface area contributed by atoms with Crippen molar-refractivity contribution in [1.82, 2.24) is 15.1 Å². The third kappa shape index (κ3) is 6.19. The Morgan fingerprint density at radius 3 is 2.05 bits per heavy atom. The lowest BCUT2D eigenvalue weighted by molar-refractivity contribution is -0.143. The highest BCUT2D eigenvalue weighted by Gasteiger charge is 2.42.